The van der Waals surface area contributed by atoms with E-state index in [9.17, 15) is 0 Å². The molecule has 1 aliphatic rings. The highest BCUT2D eigenvalue weighted by atomic mass is 79.9. The minimum absolute atomic E-state index is 0.294. The van der Waals surface area contributed by atoms with E-state index >= 15 is 0 Å². The van der Waals surface area contributed by atoms with Crippen molar-refractivity contribution in [1.29, 1.82) is 0 Å². The predicted molar refractivity (Wildman–Crippen MR) is 189 cm³/mol. The van der Waals surface area contributed by atoms with Gasteiger partial charge in [0, 0.05) is 74.3 Å². The number of rotatable bonds is 1. The number of aromatic amines is 1. The molecular formula is C35H40BBr2N3O2. The molecule has 0 amide bonds. The van der Waals surface area contributed by atoms with Gasteiger partial charge in [0.1, 0.15) is 0 Å². The Kier molecular flexibility index (Phi) is 8.80. The van der Waals surface area contributed by atoms with Gasteiger partial charge in [0.05, 0.1) is 11.2 Å². The molecule has 43 heavy (non-hydrogen) atoms. The molecule has 0 unspecified atom stereocenters. The molecule has 1 saturated heterocycles. The van der Waals surface area contributed by atoms with Crippen LogP contribution in [-0.4, -0.2) is 32.4 Å². The summed E-state index contributed by atoms with van der Waals surface area (Å²) in [6, 6.07) is 19.2. The number of H-pyrrole nitrogens is 1. The summed E-state index contributed by atoms with van der Waals surface area (Å²) in [6.07, 6.45) is 6.14. The van der Waals surface area contributed by atoms with Crippen molar-refractivity contribution in [2.75, 3.05) is 0 Å². The molecular weight excluding hydrogens is 665 g/mol. The minimum atomic E-state index is -0.297. The monoisotopic (exact) mass is 703 g/mol. The van der Waals surface area contributed by atoms with Crippen molar-refractivity contribution in [2.24, 2.45) is 14.1 Å². The summed E-state index contributed by atoms with van der Waals surface area (Å²) in [7, 11) is 3.84. The van der Waals surface area contributed by atoms with Gasteiger partial charge in [0.2, 0.25) is 0 Å². The summed E-state index contributed by atoms with van der Waals surface area (Å²) < 4.78 is 18.8. The third-order valence-corrected chi connectivity index (χ3v) is 9.69. The molecule has 1 N–H and O–H groups in total. The van der Waals surface area contributed by atoms with Gasteiger partial charge >= 0.3 is 7.12 Å². The summed E-state index contributed by atoms with van der Waals surface area (Å²) in [5, 5.41) is 3.92. The van der Waals surface area contributed by atoms with Crippen molar-refractivity contribution >= 4 is 77.1 Å². The Balaban J connectivity index is 0.000000137. The van der Waals surface area contributed by atoms with Crippen LogP contribution in [0.15, 0.2) is 82.1 Å². The van der Waals surface area contributed by atoms with Gasteiger partial charge in [-0.05, 0) is 119 Å². The molecule has 0 spiro atoms. The fourth-order valence-electron chi connectivity index (χ4n) is 5.52. The molecule has 7 rings (SSSR count). The van der Waals surface area contributed by atoms with Gasteiger partial charge < -0.3 is 23.4 Å². The summed E-state index contributed by atoms with van der Waals surface area (Å²) >= 11 is 6.94. The lowest BCUT2D eigenvalue weighted by Gasteiger charge is -2.32. The number of benzene rings is 3. The lowest BCUT2D eigenvalue weighted by atomic mass is 9.78. The Bertz CT molecular complexity index is 1920. The molecule has 1 fully saturated rings. The highest BCUT2D eigenvalue weighted by molar-refractivity contribution is 9.10. The molecule has 8 heteroatoms. The summed E-state index contributed by atoms with van der Waals surface area (Å²) in [4.78, 5) is 3.17. The number of hydrogen-bond acceptors (Lipinski definition) is 2. The van der Waals surface area contributed by atoms with Gasteiger partial charge in [0.25, 0.3) is 0 Å². The van der Waals surface area contributed by atoms with Gasteiger partial charge in [0.15, 0.2) is 0 Å². The topological polar surface area (TPSA) is 44.1 Å². The van der Waals surface area contributed by atoms with Crippen LogP contribution in [0.1, 0.15) is 44.4 Å². The number of hydrogen-bond donors (Lipinski definition) is 1. The molecule has 0 saturated carbocycles. The van der Waals surface area contributed by atoms with Crippen molar-refractivity contribution in [2.45, 2.75) is 59.7 Å². The highest BCUT2D eigenvalue weighted by Gasteiger charge is 2.51. The van der Waals surface area contributed by atoms with Crippen LogP contribution >= 0.6 is 31.9 Å². The smallest absolute Gasteiger partial charge is 0.399 e. The lowest BCUT2D eigenvalue weighted by Crippen LogP contribution is -2.41. The fraction of sp³-hybridized carbons (Fsp3) is 0.314. The SMILES string of the molecule is Cc1cc(B2OC(C)(C)C(C)(C)O2)cc2c1ccn2C.Cc1cc(Br)cc2[nH]ccc12.Cc1cc(Br)cc2c1ccn2C. The number of nitrogens with one attached hydrogen (secondary N) is 1. The van der Waals surface area contributed by atoms with Crippen molar-refractivity contribution in [3.05, 3.63) is 98.8 Å². The summed E-state index contributed by atoms with van der Waals surface area (Å²) in [5.74, 6) is 0. The van der Waals surface area contributed by atoms with E-state index in [2.05, 4.69) is 176 Å². The number of aromatic nitrogens is 3. The van der Waals surface area contributed by atoms with Crippen LogP contribution in [-0.2, 0) is 23.4 Å². The van der Waals surface area contributed by atoms with Crippen LogP contribution in [0.5, 0.6) is 0 Å². The molecule has 0 aliphatic carbocycles. The zero-order valence-corrected chi connectivity index (χ0v) is 29.6. The molecule has 6 aromatic rings. The molecule has 1 aliphatic heterocycles. The van der Waals surface area contributed by atoms with Gasteiger partial charge in [-0.3, -0.25) is 0 Å². The largest absolute Gasteiger partial charge is 0.494 e. The molecule has 4 heterocycles. The van der Waals surface area contributed by atoms with Gasteiger partial charge in [-0.1, -0.05) is 37.9 Å². The van der Waals surface area contributed by atoms with Crippen molar-refractivity contribution in [1.82, 2.24) is 14.1 Å². The fourth-order valence-corrected chi connectivity index (χ4v) is 6.65. The number of halogens is 2. The van der Waals surface area contributed by atoms with Crippen LogP contribution in [0.4, 0.5) is 0 Å². The number of aryl methyl sites for hydroxylation is 5. The standard InChI is InChI=1S/C16H22BNO2.C10H10BrN.C9H8BrN/c1-11-9-12(10-14-13(11)7-8-18(14)6)17-19-15(2,3)16(4,5)20-17;1-7-5-8(11)6-10-9(7)3-4-12(10)2;1-6-4-7(10)5-9-8(6)2-3-11-9/h7-10H,1-6H3;3-6H,1-2H3;2-5,11H,1H3. The second-order valence-electron chi connectivity index (χ2n) is 12.5. The zero-order valence-electron chi connectivity index (χ0n) is 26.5. The molecule has 0 bridgehead atoms. The molecule has 0 radical (unpaired) electrons. The van der Waals surface area contributed by atoms with Crippen LogP contribution < -0.4 is 5.46 Å². The Morgan fingerprint density at radius 3 is 1.72 bits per heavy atom. The Labute approximate surface area is 272 Å². The lowest BCUT2D eigenvalue weighted by molar-refractivity contribution is 0.00578. The first-order valence-electron chi connectivity index (χ1n) is 14.5. The van der Waals surface area contributed by atoms with E-state index in [1.54, 1.807) is 0 Å². The number of nitrogens with zero attached hydrogens (tertiary/aromatic N) is 2. The third-order valence-electron chi connectivity index (χ3n) is 8.77. The van der Waals surface area contributed by atoms with Crippen LogP contribution in [0.25, 0.3) is 32.7 Å². The second kappa shape index (κ2) is 12.0. The number of fused-ring (bicyclic) bond motifs is 3. The quantitative estimate of drug-likeness (QED) is 0.174. The maximum absolute atomic E-state index is 6.14. The van der Waals surface area contributed by atoms with E-state index in [0.717, 1.165) is 14.4 Å². The van der Waals surface area contributed by atoms with Crippen molar-refractivity contribution in [3.8, 4) is 0 Å². The molecule has 3 aromatic heterocycles. The van der Waals surface area contributed by atoms with Gasteiger partial charge in [-0.25, -0.2) is 0 Å². The molecule has 224 valence electrons. The van der Waals surface area contributed by atoms with E-state index in [1.165, 1.54) is 49.4 Å². The van der Waals surface area contributed by atoms with E-state index in [0.29, 0.717) is 0 Å². The van der Waals surface area contributed by atoms with Gasteiger partial charge in [-0.15, -0.1) is 0 Å². The maximum atomic E-state index is 6.14. The van der Waals surface area contributed by atoms with Crippen LogP contribution in [0.2, 0.25) is 0 Å². The first-order valence-corrected chi connectivity index (χ1v) is 16.1. The normalized spacial score (nSPS) is 15.5. The Morgan fingerprint density at radius 2 is 1.14 bits per heavy atom. The van der Waals surface area contributed by atoms with E-state index in [-0.39, 0.29) is 18.3 Å². The highest BCUT2D eigenvalue weighted by Crippen LogP contribution is 2.37. The molecule has 0 atom stereocenters. The average Bonchev–Trinajstić information content (AvgIpc) is 3.67. The van der Waals surface area contributed by atoms with Gasteiger partial charge in [-0.2, -0.15) is 0 Å². The van der Waals surface area contributed by atoms with E-state index in [1.807, 2.05) is 6.20 Å². The average molecular weight is 705 g/mol. The second-order valence-corrected chi connectivity index (χ2v) is 14.4. The Hall–Kier alpha value is -2.78. The summed E-state index contributed by atoms with van der Waals surface area (Å²) in [6.45, 7) is 14.7. The zero-order chi connectivity index (χ0) is 31.3. The van der Waals surface area contributed by atoms with E-state index in [4.69, 9.17) is 9.31 Å². The van der Waals surface area contributed by atoms with Crippen molar-refractivity contribution in [3.63, 3.8) is 0 Å². The van der Waals surface area contributed by atoms with Crippen LogP contribution in [0.3, 0.4) is 0 Å². The predicted octanol–water partition coefficient (Wildman–Crippen LogP) is 9.27. The van der Waals surface area contributed by atoms with Crippen molar-refractivity contribution < 1.29 is 9.31 Å². The van der Waals surface area contributed by atoms with Crippen LogP contribution in [0, 0.1) is 20.8 Å². The van der Waals surface area contributed by atoms with E-state index < -0.39 is 0 Å². The molecule has 3 aromatic carbocycles. The minimum Gasteiger partial charge on any atom is -0.399 e. The maximum Gasteiger partial charge on any atom is 0.494 e. The Morgan fingerprint density at radius 1 is 0.651 bits per heavy atom. The molecule has 5 nitrogen and oxygen atoms in total. The third kappa shape index (κ3) is 6.39. The summed E-state index contributed by atoms with van der Waals surface area (Å²) in [5.41, 5.74) is 8.07. The first-order chi connectivity index (χ1) is 20.2. The first kappa shape index (κ1) is 31.6.